The summed E-state index contributed by atoms with van der Waals surface area (Å²) in [5, 5.41) is 0. The van der Waals surface area contributed by atoms with Crippen molar-refractivity contribution in [3.8, 4) is 11.6 Å². The molecule has 0 N–H and O–H groups in total. The van der Waals surface area contributed by atoms with Crippen LogP contribution < -0.4 is 9.47 Å². The van der Waals surface area contributed by atoms with Crippen LogP contribution in [0, 0.1) is 0 Å². The number of aromatic nitrogens is 1. The molecule has 1 heterocycles. The lowest BCUT2D eigenvalue weighted by Crippen LogP contribution is -2.47. The van der Waals surface area contributed by atoms with Gasteiger partial charge in [0.15, 0.2) is 0 Å². The molecule has 1 aliphatic carbocycles. The summed E-state index contributed by atoms with van der Waals surface area (Å²) in [5.74, 6) is 1.49. The predicted octanol–water partition coefficient (Wildman–Crippen LogP) is 2.34. The third-order valence-electron chi connectivity index (χ3n) is 3.50. The summed E-state index contributed by atoms with van der Waals surface area (Å²) in [4.78, 5) is 6.61. The van der Waals surface area contributed by atoms with E-state index in [1.54, 1.807) is 6.20 Å². The van der Waals surface area contributed by atoms with Gasteiger partial charge in [0.25, 0.3) is 0 Å². The first-order valence-corrected chi connectivity index (χ1v) is 6.68. The summed E-state index contributed by atoms with van der Waals surface area (Å²) in [7, 11) is 2.16. The summed E-state index contributed by atoms with van der Waals surface area (Å²) < 4.78 is 11.2. The van der Waals surface area contributed by atoms with E-state index in [4.69, 9.17) is 9.47 Å². The lowest BCUT2D eigenvalue weighted by atomic mass is 9.88. The summed E-state index contributed by atoms with van der Waals surface area (Å²) >= 11 is 0. The highest BCUT2D eigenvalue weighted by atomic mass is 16.5. The molecule has 2 rings (SSSR count). The smallest absolute Gasteiger partial charge is 0.213 e. The van der Waals surface area contributed by atoms with Gasteiger partial charge in [-0.3, -0.25) is 0 Å². The molecule has 0 aliphatic heterocycles. The van der Waals surface area contributed by atoms with Crippen molar-refractivity contribution in [2.75, 3.05) is 20.2 Å². The molecule has 1 aliphatic rings. The molecule has 1 aromatic rings. The van der Waals surface area contributed by atoms with E-state index in [1.165, 1.54) is 0 Å². The van der Waals surface area contributed by atoms with Gasteiger partial charge in [0.1, 0.15) is 11.9 Å². The summed E-state index contributed by atoms with van der Waals surface area (Å²) in [5.41, 5.74) is 0. The molecule has 1 saturated carbocycles. The Hall–Kier alpha value is -1.29. The maximum absolute atomic E-state index is 5.82. The van der Waals surface area contributed by atoms with E-state index in [0.29, 0.717) is 24.6 Å². The number of hydrogen-bond donors (Lipinski definition) is 0. The second-order valence-electron chi connectivity index (χ2n) is 4.70. The van der Waals surface area contributed by atoms with E-state index in [-0.39, 0.29) is 0 Å². The maximum atomic E-state index is 5.82. The average Bonchev–Trinajstić information content (AvgIpc) is 2.35. The quantitative estimate of drug-likeness (QED) is 0.776. The van der Waals surface area contributed by atoms with Crippen molar-refractivity contribution < 1.29 is 9.47 Å². The first-order valence-electron chi connectivity index (χ1n) is 6.68. The van der Waals surface area contributed by atoms with E-state index in [0.717, 1.165) is 25.1 Å². The van der Waals surface area contributed by atoms with Gasteiger partial charge in [-0.15, -0.1) is 0 Å². The zero-order valence-corrected chi connectivity index (χ0v) is 11.4. The fourth-order valence-corrected chi connectivity index (χ4v) is 2.11. The predicted molar refractivity (Wildman–Crippen MR) is 71.1 cm³/mol. The van der Waals surface area contributed by atoms with E-state index in [9.17, 15) is 0 Å². The fraction of sp³-hybridized carbons (Fsp3) is 0.643. The molecule has 100 valence electrons. The molecule has 4 heteroatoms. The third-order valence-corrected chi connectivity index (χ3v) is 3.50. The molecule has 0 bridgehead atoms. The van der Waals surface area contributed by atoms with E-state index >= 15 is 0 Å². The summed E-state index contributed by atoms with van der Waals surface area (Å²) in [6, 6.07) is 4.45. The monoisotopic (exact) mass is 250 g/mol. The molecule has 0 amide bonds. The number of ether oxygens (including phenoxy) is 2. The molecule has 0 aromatic carbocycles. The van der Waals surface area contributed by atoms with Crippen molar-refractivity contribution in [1.29, 1.82) is 0 Å². The Bertz CT molecular complexity index is 361. The highest BCUT2D eigenvalue weighted by molar-refractivity contribution is 5.23. The Kier molecular flexibility index (Phi) is 4.42. The van der Waals surface area contributed by atoms with Crippen molar-refractivity contribution in [3.05, 3.63) is 18.3 Å². The standard InChI is InChI=1S/C14H22N2O2/c1-4-16(3)11-8-13(9-11)18-14-7-6-12(10-15-14)17-5-2/h6-7,10-11,13H,4-5,8-9H2,1-3H3/t11-,13+. The van der Waals surface area contributed by atoms with Crippen molar-refractivity contribution in [3.63, 3.8) is 0 Å². The molecule has 0 atom stereocenters. The van der Waals surface area contributed by atoms with Gasteiger partial charge in [-0.25, -0.2) is 4.98 Å². The van der Waals surface area contributed by atoms with Crippen LogP contribution in [0.3, 0.4) is 0 Å². The third kappa shape index (κ3) is 3.13. The van der Waals surface area contributed by atoms with Crippen LogP contribution in [0.15, 0.2) is 18.3 Å². The molecule has 0 unspecified atom stereocenters. The number of hydrogen-bond acceptors (Lipinski definition) is 4. The summed E-state index contributed by atoms with van der Waals surface area (Å²) in [6.45, 7) is 5.90. The Morgan fingerprint density at radius 1 is 1.33 bits per heavy atom. The van der Waals surface area contributed by atoms with Crippen LogP contribution in [0.2, 0.25) is 0 Å². The van der Waals surface area contributed by atoms with Crippen LogP contribution in [0.25, 0.3) is 0 Å². The second kappa shape index (κ2) is 6.05. The Morgan fingerprint density at radius 3 is 2.67 bits per heavy atom. The molecule has 0 saturated heterocycles. The minimum Gasteiger partial charge on any atom is -0.492 e. The van der Waals surface area contributed by atoms with Crippen molar-refractivity contribution >= 4 is 0 Å². The first kappa shape index (κ1) is 13.1. The second-order valence-corrected chi connectivity index (χ2v) is 4.70. The minimum absolute atomic E-state index is 0.314. The van der Waals surface area contributed by atoms with Crippen LogP contribution >= 0.6 is 0 Å². The zero-order valence-electron chi connectivity index (χ0n) is 11.4. The Labute approximate surface area is 109 Å². The van der Waals surface area contributed by atoms with Crippen LogP contribution in [-0.2, 0) is 0 Å². The molecule has 18 heavy (non-hydrogen) atoms. The zero-order chi connectivity index (χ0) is 13.0. The lowest BCUT2D eigenvalue weighted by Gasteiger charge is -2.40. The molecular weight excluding hydrogens is 228 g/mol. The van der Waals surface area contributed by atoms with E-state index in [2.05, 4.69) is 23.9 Å². The Balaban J connectivity index is 1.78. The average molecular weight is 250 g/mol. The van der Waals surface area contributed by atoms with Crippen molar-refractivity contribution in [2.24, 2.45) is 0 Å². The number of rotatable bonds is 6. The SMILES string of the molecule is CCOc1ccc(O[C@H]2C[C@@H](N(C)CC)C2)nc1. The van der Waals surface area contributed by atoms with E-state index in [1.807, 2.05) is 19.1 Å². The van der Waals surface area contributed by atoms with Crippen LogP contribution in [0.1, 0.15) is 26.7 Å². The van der Waals surface area contributed by atoms with Gasteiger partial charge < -0.3 is 14.4 Å². The van der Waals surface area contributed by atoms with Gasteiger partial charge in [0.2, 0.25) is 5.88 Å². The number of nitrogens with zero attached hydrogens (tertiary/aromatic N) is 2. The van der Waals surface area contributed by atoms with Gasteiger partial charge in [0, 0.05) is 24.9 Å². The van der Waals surface area contributed by atoms with Crippen molar-refractivity contribution in [2.45, 2.75) is 38.8 Å². The van der Waals surface area contributed by atoms with Crippen LogP contribution in [0.5, 0.6) is 11.6 Å². The maximum Gasteiger partial charge on any atom is 0.213 e. The molecule has 4 nitrogen and oxygen atoms in total. The lowest BCUT2D eigenvalue weighted by molar-refractivity contribution is 0.0286. The molecular formula is C14H22N2O2. The largest absolute Gasteiger partial charge is 0.492 e. The minimum atomic E-state index is 0.314. The van der Waals surface area contributed by atoms with Crippen molar-refractivity contribution in [1.82, 2.24) is 9.88 Å². The molecule has 0 spiro atoms. The van der Waals surface area contributed by atoms with Gasteiger partial charge >= 0.3 is 0 Å². The molecule has 1 aromatic heterocycles. The van der Waals surface area contributed by atoms with Gasteiger partial charge in [-0.1, -0.05) is 6.92 Å². The highest BCUT2D eigenvalue weighted by Gasteiger charge is 2.33. The molecule has 1 fully saturated rings. The van der Waals surface area contributed by atoms with Gasteiger partial charge in [0.05, 0.1) is 12.8 Å². The highest BCUT2D eigenvalue weighted by Crippen LogP contribution is 2.28. The fourth-order valence-electron chi connectivity index (χ4n) is 2.11. The van der Waals surface area contributed by atoms with Gasteiger partial charge in [-0.05, 0) is 26.6 Å². The van der Waals surface area contributed by atoms with Crippen LogP contribution in [-0.4, -0.2) is 42.2 Å². The Morgan fingerprint density at radius 2 is 2.11 bits per heavy atom. The first-order chi connectivity index (χ1) is 8.72. The van der Waals surface area contributed by atoms with Gasteiger partial charge in [-0.2, -0.15) is 0 Å². The number of pyridine rings is 1. The normalized spacial score (nSPS) is 22.7. The van der Waals surface area contributed by atoms with E-state index < -0.39 is 0 Å². The molecule has 0 radical (unpaired) electrons. The topological polar surface area (TPSA) is 34.6 Å². The summed E-state index contributed by atoms with van der Waals surface area (Å²) in [6.07, 6.45) is 4.22. The van der Waals surface area contributed by atoms with Crippen LogP contribution in [0.4, 0.5) is 0 Å².